The first kappa shape index (κ1) is 12.4. The first-order chi connectivity index (χ1) is 7.47. The van der Waals surface area contributed by atoms with Crippen LogP contribution in [0.2, 0.25) is 0 Å². The zero-order valence-corrected chi connectivity index (χ0v) is 8.12. The van der Waals surface area contributed by atoms with E-state index in [1.165, 1.54) is 6.07 Å². The fraction of sp³-hybridized carbons (Fsp3) is 0.300. The fourth-order valence-corrected chi connectivity index (χ4v) is 1.19. The van der Waals surface area contributed by atoms with Crippen LogP contribution in [0.5, 0.6) is 5.75 Å². The van der Waals surface area contributed by atoms with Crippen molar-refractivity contribution in [1.29, 1.82) is 0 Å². The predicted octanol–water partition coefficient (Wildman–Crippen LogP) is 2.44. The molecule has 0 radical (unpaired) electrons. The molecule has 6 heteroatoms. The topological polar surface area (TPSA) is 46.5 Å². The van der Waals surface area contributed by atoms with Gasteiger partial charge in [-0.15, -0.1) is 0 Å². The highest BCUT2D eigenvalue weighted by atomic mass is 19.3. The van der Waals surface area contributed by atoms with Gasteiger partial charge in [-0.2, -0.15) is 8.78 Å². The van der Waals surface area contributed by atoms with Crippen molar-refractivity contribution < 1.29 is 27.8 Å². The minimum absolute atomic E-state index is 0.0622. The second-order valence-corrected chi connectivity index (χ2v) is 3.07. The molecule has 0 heterocycles. The zero-order chi connectivity index (χ0) is 12.1. The molecule has 3 nitrogen and oxygen atoms in total. The Morgan fingerprint density at radius 2 is 2.06 bits per heavy atom. The van der Waals surface area contributed by atoms with Crippen LogP contribution in [0.25, 0.3) is 0 Å². The Hall–Kier alpha value is -1.72. The number of hydrogen-bond acceptors (Lipinski definition) is 2. The maximum atomic E-state index is 12.9. The lowest BCUT2D eigenvalue weighted by molar-refractivity contribution is -0.136. The van der Waals surface area contributed by atoms with Gasteiger partial charge >= 0.3 is 12.6 Å². The van der Waals surface area contributed by atoms with E-state index in [-0.39, 0.29) is 18.6 Å². The van der Waals surface area contributed by atoms with Crippen molar-refractivity contribution in [3.8, 4) is 5.75 Å². The molecule has 1 N–H and O–H groups in total. The molecule has 0 saturated carbocycles. The van der Waals surface area contributed by atoms with Gasteiger partial charge in [0, 0.05) is 12.5 Å². The van der Waals surface area contributed by atoms with E-state index < -0.39 is 18.4 Å². The summed E-state index contributed by atoms with van der Waals surface area (Å²) >= 11 is 0. The van der Waals surface area contributed by atoms with Crippen molar-refractivity contribution in [1.82, 2.24) is 0 Å². The van der Waals surface area contributed by atoms with Gasteiger partial charge in [-0.05, 0) is 24.1 Å². The maximum Gasteiger partial charge on any atom is 0.387 e. The number of halogens is 3. The van der Waals surface area contributed by atoms with Gasteiger partial charge in [-0.3, -0.25) is 4.79 Å². The van der Waals surface area contributed by atoms with Crippen LogP contribution in [0.1, 0.15) is 12.0 Å². The fourth-order valence-electron chi connectivity index (χ4n) is 1.19. The minimum atomic E-state index is -3.03. The molecule has 88 valence electrons. The van der Waals surface area contributed by atoms with Crippen LogP contribution in [-0.2, 0) is 11.2 Å². The number of carbonyl (C=O) groups is 1. The van der Waals surface area contributed by atoms with Crippen LogP contribution < -0.4 is 4.74 Å². The van der Waals surface area contributed by atoms with Gasteiger partial charge in [0.15, 0.2) is 0 Å². The van der Waals surface area contributed by atoms with E-state index in [0.717, 1.165) is 12.1 Å². The molecule has 0 fully saturated rings. The Balaban J connectivity index is 2.77. The summed E-state index contributed by atoms with van der Waals surface area (Å²) in [5, 5.41) is 8.41. The van der Waals surface area contributed by atoms with Crippen molar-refractivity contribution in [3.05, 3.63) is 29.6 Å². The molecule has 0 amide bonds. The van der Waals surface area contributed by atoms with Crippen LogP contribution in [0.3, 0.4) is 0 Å². The van der Waals surface area contributed by atoms with Gasteiger partial charge in [-0.1, -0.05) is 0 Å². The van der Waals surface area contributed by atoms with Gasteiger partial charge in [0.2, 0.25) is 0 Å². The Bertz CT molecular complexity index is 380. The summed E-state index contributed by atoms with van der Waals surface area (Å²) in [5.74, 6) is -2.09. The number of carboxylic acid groups (broad SMARTS) is 1. The molecule has 1 rings (SSSR count). The molecule has 0 aromatic heterocycles. The van der Waals surface area contributed by atoms with Crippen LogP contribution in [0.4, 0.5) is 13.2 Å². The average molecular weight is 234 g/mol. The molecule has 0 aliphatic heterocycles. The quantitative estimate of drug-likeness (QED) is 0.851. The number of aliphatic carboxylic acids is 1. The van der Waals surface area contributed by atoms with Crippen molar-refractivity contribution in [2.24, 2.45) is 0 Å². The molecule has 1 aromatic rings. The molecule has 0 spiro atoms. The molecule has 0 aliphatic rings. The Morgan fingerprint density at radius 3 is 2.62 bits per heavy atom. The van der Waals surface area contributed by atoms with E-state index in [1.54, 1.807) is 0 Å². The maximum absolute atomic E-state index is 12.9. The second kappa shape index (κ2) is 5.39. The Labute approximate surface area is 89.5 Å². The number of ether oxygens (including phenoxy) is 1. The lowest BCUT2D eigenvalue weighted by atomic mass is 10.1. The van der Waals surface area contributed by atoms with Crippen molar-refractivity contribution >= 4 is 5.97 Å². The Kier molecular flexibility index (Phi) is 4.16. The summed E-state index contributed by atoms with van der Waals surface area (Å²) in [4.78, 5) is 10.3. The zero-order valence-electron chi connectivity index (χ0n) is 8.12. The third-order valence-corrected chi connectivity index (χ3v) is 1.78. The second-order valence-electron chi connectivity index (χ2n) is 3.07. The summed E-state index contributed by atoms with van der Waals surface area (Å²) in [6, 6.07) is 3.09. The third-order valence-electron chi connectivity index (χ3n) is 1.78. The monoisotopic (exact) mass is 234 g/mol. The third kappa shape index (κ3) is 4.20. The number of alkyl halides is 2. The van der Waals surface area contributed by atoms with E-state index >= 15 is 0 Å². The molecular formula is C10H9F3O3. The van der Waals surface area contributed by atoms with Gasteiger partial charge in [0.1, 0.15) is 11.6 Å². The lowest BCUT2D eigenvalue weighted by Gasteiger charge is -2.06. The summed E-state index contributed by atoms with van der Waals surface area (Å²) in [6.07, 6.45) is -0.135. The summed E-state index contributed by atoms with van der Waals surface area (Å²) in [7, 11) is 0. The molecular weight excluding hydrogens is 225 g/mol. The minimum Gasteiger partial charge on any atom is -0.481 e. The number of benzene rings is 1. The first-order valence-corrected chi connectivity index (χ1v) is 4.43. The molecule has 0 atom stereocenters. The van der Waals surface area contributed by atoms with Gasteiger partial charge in [0.25, 0.3) is 0 Å². The van der Waals surface area contributed by atoms with Gasteiger partial charge in [-0.25, -0.2) is 4.39 Å². The first-order valence-electron chi connectivity index (χ1n) is 4.43. The SMILES string of the molecule is O=C(O)CCc1cc(F)cc(OC(F)F)c1. The van der Waals surface area contributed by atoms with Crippen LogP contribution in [-0.4, -0.2) is 17.7 Å². The van der Waals surface area contributed by atoms with Gasteiger partial charge in [0.05, 0.1) is 0 Å². The van der Waals surface area contributed by atoms with E-state index in [2.05, 4.69) is 4.74 Å². The van der Waals surface area contributed by atoms with Crippen LogP contribution >= 0.6 is 0 Å². The molecule has 0 aliphatic carbocycles. The summed E-state index contributed by atoms with van der Waals surface area (Å²) in [6.45, 7) is -3.03. The summed E-state index contributed by atoms with van der Waals surface area (Å²) in [5.41, 5.74) is 0.304. The average Bonchev–Trinajstić information content (AvgIpc) is 2.12. The van der Waals surface area contributed by atoms with Crippen LogP contribution in [0, 0.1) is 5.82 Å². The highest BCUT2D eigenvalue weighted by molar-refractivity contribution is 5.67. The number of aryl methyl sites for hydroxylation is 1. The normalized spacial score (nSPS) is 10.5. The molecule has 0 saturated heterocycles. The number of rotatable bonds is 5. The standard InChI is InChI=1S/C10H9F3O3/c11-7-3-6(1-2-9(14)15)4-8(5-7)16-10(12)13/h3-5,10H,1-2H2,(H,14,15). The van der Waals surface area contributed by atoms with Gasteiger partial charge < -0.3 is 9.84 Å². The van der Waals surface area contributed by atoms with Crippen molar-refractivity contribution in [3.63, 3.8) is 0 Å². The number of hydrogen-bond donors (Lipinski definition) is 1. The lowest BCUT2D eigenvalue weighted by Crippen LogP contribution is -2.03. The smallest absolute Gasteiger partial charge is 0.387 e. The van der Waals surface area contributed by atoms with Crippen molar-refractivity contribution in [2.45, 2.75) is 19.5 Å². The molecule has 16 heavy (non-hydrogen) atoms. The number of carboxylic acids is 1. The molecule has 1 aromatic carbocycles. The van der Waals surface area contributed by atoms with E-state index in [0.29, 0.717) is 5.56 Å². The van der Waals surface area contributed by atoms with E-state index in [4.69, 9.17) is 5.11 Å². The van der Waals surface area contributed by atoms with E-state index in [1.807, 2.05) is 0 Å². The van der Waals surface area contributed by atoms with E-state index in [9.17, 15) is 18.0 Å². The largest absolute Gasteiger partial charge is 0.481 e. The van der Waals surface area contributed by atoms with Crippen LogP contribution in [0.15, 0.2) is 18.2 Å². The highest BCUT2D eigenvalue weighted by Gasteiger charge is 2.08. The molecule has 0 unspecified atom stereocenters. The molecule has 0 bridgehead atoms. The summed E-state index contributed by atoms with van der Waals surface area (Å²) < 4.78 is 40.7. The predicted molar refractivity (Wildman–Crippen MR) is 49.0 cm³/mol. The Morgan fingerprint density at radius 1 is 1.38 bits per heavy atom. The van der Waals surface area contributed by atoms with Crippen molar-refractivity contribution in [2.75, 3.05) is 0 Å². The highest BCUT2D eigenvalue weighted by Crippen LogP contribution is 2.19.